The highest BCUT2D eigenvalue weighted by atomic mass is 16.5. The molecule has 0 atom stereocenters. The Morgan fingerprint density at radius 3 is 2.31 bits per heavy atom. The van der Waals surface area contributed by atoms with Gasteiger partial charge in [0.25, 0.3) is 11.8 Å². The second kappa shape index (κ2) is 8.10. The number of ether oxygens (including phenoxy) is 1. The number of benzene rings is 2. The fraction of sp³-hybridized carbons (Fsp3) is 0.182. The van der Waals surface area contributed by atoms with Crippen molar-refractivity contribution in [1.29, 1.82) is 0 Å². The first-order chi connectivity index (χ1) is 14.1. The average Bonchev–Trinajstić information content (AvgIpc) is 3.51. The third-order valence-electron chi connectivity index (χ3n) is 4.56. The van der Waals surface area contributed by atoms with E-state index in [2.05, 4.69) is 10.4 Å². The Hall–Kier alpha value is -3.74. The van der Waals surface area contributed by atoms with Crippen LogP contribution in [0.2, 0.25) is 0 Å². The molecule has 2 aromatic carbocycles. The zero-order valence-corrected chi connectivity index (χ0v) is 15.6. The molecule has 3 aromatic rings. The maximum atomic E-state index is 12.6. The van der Waals surface area contributed by atoms with E-state index in [1.165, 1.54) is 4.68 Å². The lowest BCUT2D eigenvalue weighted by molar-refractivity contribution is -0.123. The first kappa shape index (κ1) is 18.6. The Labute approximate surface area is 167 Å². The van der Waals surface area contributed by atoms with Crippen LogP contribution in [0.5, 0.6) is 0 Å². The van der Waals surface area contributed by atoms with E-state index in [1.54, 1.807) is 36.4 Å². The average molecular weight is 389 g/mol. The number of nitrogens with zero attached hydrogens (tertiary/aromatic N) is 2. The molecule has 1 N–H and O–H groups in total. The summed E-state index contributed by atoms with van der Waals surface area (Å²) in [6.45, 7) is -0.559. The number of nitrogens with one attached hydrogen (secondary N) is 1. The van der Waals surface area contributed by atoms with Gasteiger partial charge in [-0.1, -0.05) is 36.4 Å². The van der Waals surface area contributed by atoms with Crippen molar-refractivity contribution in [3.05, 3.63) is 83.7 Å². The van der Waals surface area contributed by atoms with Crippen molar-refractivity contribution in [1.82, 2.24) is 15.1 Å². The van der Waals surface area contributed by atoms with E-state index in [1.807, 2.05) is 30.3 Å². The van der Waals surface area contributed by atoms with Crippen molar-refractivity contribution in [2.45, 2.75) is 18.8 Å². The highest BCUT2D eigenvalue weighted by molar-refractivity contribution is 6.05. The van der Waals surface area contributed by atoms with Crippen LogP contribution >= 0.6 is 0 Å². The molecular formula is C22H19N3O4. The number of carbonyl (C=O) groups is 3. The molecule has 1 aliphatic rings. The van der Waals surface area contributed by atoms with Gasteiger partial charge < -0.3 is 4.74 Å². The number of amides is 2. The molecule has 7 heteroatoms. The maximum absolute atomic E-state index is 12.6. The van der Waals surface area contributed by atoms with Gasteiger partial charge in [0.2, 0.25) is 0 Å². The molecule has 0 radical (unpaired) electrons. The summed E-state index contributed by atoms with van der Waals surface area (Å²) in [7, 11) is 0. The topological polar surface area (TPSA) is 90.3 Å². The summed E-state index contributed by atoms with van der Waals surface area (Å²) in [5, 5.41) is 6.75. The lowest BCUT2D eigenvalue weighted by Gasteiger charge is -2.08. The van der Waals surface area contributed by atoms with Gasteiger partial charge in [-0.25, -0.2) is 9.48 Å². The molecule has 1 heterocycles. The second-order valence-electron chi connectivity index (χ2n) is 6.80. The predicted molar refractivity (Wildman–Crippen MR) is 105 cm³/mol. The minimum Gasteiger partial charge on any atom is -0.451 e. The van der Waals surface area contributed by atoms with Crippen molar-refractivity contribution in [3.63, 3.8) is 0 Å². The fourth-order valence-electron chi connectivity index (χ4n) is 2.92. The standard InChI is InChI=1S/C22H19N3O4/c26-20(23-21(27)16-7-3-1-4-8-16)14-29-22(28)19-13-18(15-11-12-15)24-25(19)17-9-5-2-6-10-17/h1-10,13,15H,11-12,14H2,(H,23,26,27). The van der Waals surface area contributed by atoms with Crippen LogP contribution in [0.4, 0.5) is 0 Å². The zero-order valence-electron chi connectivity index (χ0n) is 15.6. The minimum atomic E-state index is -0.694. The maximum Gasteiger partial charge on any atom is 0.357 e. The molecule has 0 bridgehead atoms. The predicted octanol–water partition coefficient (Wildman–Crippen LogP) is 2.86. The first-order valence-electron chi connectivity index (χ1n) is 9.33. The van der Waals surface area contributed by atoms with Gasteiger partial charge in [-0.15, -0.1) is 0 Å². The molecule has 1 saturated carbocycles. The van der Waals surface area contributed by atoms with Crippen molar-refractivity contribution in [3.8, 4) is 5.69 Å². The van der Waals surface area contributed by atoms with Crippen LogP contribution in [-0.2, 0) is 9.53 Å². The molecule has 2 amide bonds. The van der Waals surface area contributed by atoms with Crippen LogP contribution in [0.15, 0.2) is 66.7 Å². The number of hydrogen-bond donors (Lipinski definition) is 1. The summed E-state index contributed by atoms with van der Waals surface area (Å²) < 4.78 is 6.67. The SMILES string of the molecule is O=C(COC(=O)c1cc(C2CC2)nn1-c1ccccc1)NC(=O)c1ccccc1. The quantitative estimate of drug-likeness (QED) is 0.655. The molecule has 7 nitrogen and oxygen atoms in total. The molecule has 1 aliphatic carbocycles. The Kier molecular flexibility index (Phi) is 5.20. The monoisotopic (exact) mass is 389 g/mol. The number of carbonyl (C=O) groups excluding carboxylic acids is 3. The third kappa shape index (κ3) is 4.40. The molecule has 0 aliphatic heterocycles. The van der Waals surface area contributed by atoms with Gasteiger partial charge in [0.15, 0.2) is 12.3 Å². The van der Waals surface area contributed by atoms with E-state index < -0.39 is 24.4 Å². The molecule has 1 fully saturated rings. The van der Waals surface area contributed by atoms with E-state index in [-0.39, 0.29) is 5.69 Å². The molecular weight excluding hydrogens is 370 g/mol. The Morgan fingerprint density at radius 1 is 1.00 bits per heavy atom. The molecule has 29 heavy (non-hydrogen) atoms. The molecule has 0 unspecified atom stereocenters. The van der Waals surface area contributed by atoms with Crippen LogP contribution in [0, 0.1) is 0 Å². The first-order valence-corrected chi connectivity index (χ1v) is 9.33. The highest BCUT2D eigenvalue weighted by Crippen LogP contribution is 2.39. The Morgan fingerprint density at radius 2 is 1.66 bits per heavy atom. The number of imide groups is 1. The number of aromatic nitrogens is 2. The van der Waals surface area contributed by atoms with Crippen molar-refractivity contribution < 1.29 is 19.1 Å². The van der Waals surface area contributed by atoms with Crippen LogP contribution in [0.25, 0.3) is 5.69 Å². The smallest absolute Gasteiger partial charge is 0.357 e. The van der Waals surface area contributed by atoms with Gasteiger partial charge >= 0.3 is 5.97 Å². The molecule has 4 rings (SSSR count). The number of esters is 1. The summed E-state index contributed by atoms with van der Waals surface area (Å²) in [5.74, 6) is -1.55. The van der Waals surface area contributed by atoms with Gasteiger partial charge in [0.05, 0.1) is 11.4 Å². The van der Waals surface area contributed by atoms with Crippen molar-refractivity contribution >= 4 is 17.8 Å². The molecule has 0 spiro atoms. The van der Waals surface area contributed by atoms with E-state index in [0.29, 0.717) is 11.5 Å². The lowest BCUT2D eigenvalue weighted by atomic mass is 10.2. The van der Waals surface area contributed by atoms with E-state index in [9.17, 15) is 14.4 Å². The minimum absolute atomic E-state index is 0.250. The van der Waals surface area contributed by atoms with Gasteiger partial charge in [0.1, 0.15) is 0 Å². The van der Waals surface area contributed by atoms with E-state index in [0.717, 1.165) is 24.2 Å². The van der Waals surface area contributed by atoms with Crippen molar-refractivity contribution in [2.75, 3.05) is 6.61 Å². The summed E-state index contributed by atoms with van der Waals surface area (Å²) in [6.07, 6.45) is 2.09. The second-order valence-corrected chi connectivity index (χ2v) is 6.80. The number of rotatable bonds is 6. The van der Waals surface area contributed by atoms with Crippen LogP contribution in [0.1, 0.15) is 45.3 Å². The highest BCUT2D eigenvalue weighted by Gasteiger charge is 2.29. The summed E-state index contributed by atoms with van der Waals surface area (Å²) in [5.41, 5.74) is 2.17. The summed E-state index contributed by atoms with van der Waals surface area (Å²) >= 11 is 0. The normalized spacial score (nSPS) is 13.0. The van der Waals surface area contributed by atoms with E-state index in [4.69, 9.17) is 4.74 Å². The molecule has 1 aromatic heterocycles. The Balaban J connectivity index is 1.43. The van der Waals surface area contributed by atoms with E-state index >= 15 is 0 Å². The third-order valence-corrected chi connectivity index (χ3v) is 4.56. The summed E-state index contributed by atoms with van der Waals surface area (Å²) in [6, 6.07) is 19.3. The van der Waals surface area contributed by atoms with Gasteiger partial charge in [-0.05, 0) is 43.2 Å². The Bertz CT molecular complexity index is 1040. The van der Waals surface area contributed by atoms with Crippen molar-refractivity contribution in [2.24, 2.45) is 0 Å². The van der Waals surface area contributed by atoms with Crippen LogP contribution < -0.4 is 5.32 Å². The van der Waals surface area contributed by atoms with Crippen LogP contribution in [-0.4, -0.2) is 34.2 Å². The fourth-order valence-corrected chi connectivity index (χ4v) is 2.92. The molecule has 0 saturated heterocycles. The van der Waals surface area contributed by atoms with Gasteiger partial charge in [0, 0.05) is 11.5 Å². The lowest BCUT2D eigenvalue weighted by Crippen LogP contribution is -2.34. The zero-order chi connectivity index (χ0) is 20.2. The van der Waals surface area contributed by atoms with Crippen LogP contribution in [0.3, 0.4) is 0 Å². The number of hydrogen-bond acceptors (Lipinski definition) is 5. The van der Waals surface area contributed by atoms with Gasteiger partial charge in [-0.2, -0.15) is 5.10 Å². The number of para-hydroxylation sites is 1. The largest absolute Gasteiger partial charge is 0.451 e. The molecule has 146 valence electrons. The van der Waals surface area contributed by atoms with Gasteiger partial charge in [-0.3, -0.25) is 14.9 Å². The summed E-state index contributed by atoms with van der Waals surface area (Å²) in [4.78, 5) is 36.6.